The van der Waals surface area contributed by atoms with Gasteiger partial charge in [-0.15, -0.1) is 0 Å². The molecule has 0 radical (unpaired) electrons. The van der Waals surface area contributed by atoms with Crippen molar-refractivity contribution >= 4 is 23.6 Å². The fourth-order valence-electron chi connectivity index (χ4n) is 2.95. The van der Waals surface area contributed by atoms with E-state index in [1.54, 1.807) is 6.20 Å². The quantitative estimate of drug-likeness (QED) is 0.769. The molecule has 1 aromatic rings. The maximum Gasteiger partial charge on any atom is 0.233 e. The number of pyridine rings is 1. The summed E-state index contributed by atoms with van der Waals surface area (Å²) in [6.45, 7) is 4.71. The van der Waals surface area contributed by atoms with Gasteiger partial charge in [0.1, 0.15) is 0 Å². The van der Waals surface area contributed by atoms with Crippen LogP contribution in [-0.4, -0.2) is 45.8 Å². The molecule has 1 atom stereocenters. The average molecular weight is 350 g/mol. The molecule has 1 unspecified atom stereocenters. The van der Waals surface area contributed by atoms with Gasteiger partial charge in [-0.05, 0) is 44.7 Å². The third-order valence-electron chi connectivity index (χ3n) is 4.04. The number of likely N-dealkylation sites (tertiary alicyclic amines) is 1. The minimum atomic E-state index is 0.0520. The highest BCUT2D eigenvalue weighted by Gasteiger charge is 2.27. The molecule has 2 amide bonds. The Kier molecular flexibility index (Phi) is 7.56. The molecule has 1 fully saturated rings. The zero-order valence-electron chi connectivity index (χ0n) is 14.5. The molecule has 6 heteroatoms. The molecule has 0 saturated carbocycles. The number of hydrogen-bond acceptors (Lipinski definition) is 4. The Labute approximate surface area is 148 Å². The van der Waals surface area contributed by atoms with E-state index in [-0.39, 0.29) is 23.9 Å². The summed E-state index contributed by atoms with van der Waals surface area (Å²) in [5.74, 6) is 1.33. The van der Waals surface area contributed by atoms with E-state index in [4.69, 9.17) is 0 Å². The van der Waals surface area contributed by atoms with E-state index in [2.05, 4.69) is 10.3 Å². The largest absolute Gasteiger partial charge is 0.354 e. The van der Waals surface area contributed by atoms with Gasteiger partial charge in [-0.25, -0.2) is 0 Å². The Bertz CT molecular complexity index is 536. The van der Waals surface area contributed by atoms with Gasteiger partial charge >= 0.3 is 0 Å². The number of nitrogens with zero attached hydrogens (tertiary/aromatic N) is 2. The molecule has 132 valence electrons. The Balaban J connectivity index is 1.80. The first kappa shape index (κ1) is 18.8. The Morgan fingerprint density at radius 2 is 2.25 bits per heavy atom. The topological polar surface area (TPSA) is 62.3 Å². The highest BCUT2D eigenvalue weighted by atomic mass is 32.2. The van der Waals surface area contributed by atoms with Gasteiger partial charge in [-0.2, -0.15) is 11.8 Å². The van der Waals surface area contributed by atoms with E-state index in [0.29, 0.717) is 17.9 Å². The van der Waals surface area contributed by atoms with Crippen LogP contribution in [0.15, 0.2) is 24.5 Å². The van der Waals surface area contributed by atoms with Crippen molar-refractivity contribution in [3.05, 3.63) is 30.1 Å². The van der Waals surface area contributed by atoms with Crippen LogP contribution in [0.3, 0.4) is 0 Å². The van der Waals surface area contributed by atoms with E-state index in [1.165, 1.54) is 11.8 Å². The third-order valence-corrected chi connectivity index (χ3v) is 4.98. The lowest BCUT2D eigenvalue weighted by atomic mass is 9.96. The molecule has 0 bridgehead atoms. The van der Waals surface area contributed by atoms with E-state index in [0.717, 1.165) is 31.4 Å². The second-order valence-corrected chi connectivity index (χ2v) is 7.52. The van der Waals surface area contributed by atoms with Crippen molar-refractivity contribution in [2.24, 2.45) is 0 Å². The van der Waals surface area contributed by atoms with Gasteiger partial charge in [0.05, 0.1) is 11.8 Å². The molecular weight excluding hydrogens is 322 g/mol. The summed E-state index contributed by atoms with van der Waals surface area (Å²) >= 11 is 1.54. The average Bonchev–Trinajstić information content (AvgIpc) is 2.58. The first-order valence-electron chi connectivity index (χ1n) is 8.64. The van der Waals surface area contributed by atoms with Crippen LogP contribution >= 0.6 is 11.8 Å². The summed E-state index contributed by atoms with van der Waals surface area (Å²) in [7, 11) is 0. The lowest BCUT2D eigenvalue weighted by Gasteiger charge is -2.36. The fraction of sp³-hybridized carbons (Fsp3) is 0.611. The zero-order chi connectivity index (χ0) is 17.4. The second kappa shape index (κ2) is 9.67. The summed E-state index contributed by atoms with van der Waals surface area (Å²) < 4.78 is 0. The Morgan fingerprint density at radius 1 is 1.42 bits per heavy atom. The van der Waals surface area contributed by atoms with Crippen LogP contribution in [0, 0.1) is 0 Å². The van der Waals surface area contributed by atoms with Crippen LogP contribution in [0.1, 0.15) is 51.1 Å². The molecule has 0 aliphatic carbocycles. The van der Waals surface area contributed by atoms with Crippen LogP contribution in [0.5, 0.6) is 0 Å². The van der Waals surface area contributed by atoms with Gasteiger partial charge in [-0.3, -0.25) is 14.6 Å². The standard InChI is InChI=1S/C18H27N3O2S/c1-14(2)20-17(22)8-11-24-13-18(23)21-10-4-3-7-16(21)15-6-5-9-19-12-15/h5-6,9,12,14,16H,3-4,7-8,10-11,13H2,1-2H3,(H,20,22). The molecule has 5 nitrogen and oxygen atoms in total. The normalized spacial score (nSPS) is 17.8. The summed E-state index contributed by atoms with van der Waals surface area (Å²) in [6.07, 6.45) is 7.28. The van der Waals surface area contributed by atoms with Crippen molar-refractivity contribution in [1.29, 1.82) is 0 Å². The van der Waals surface area contributed by atoms with Crippen LogP contribution in [0.25, 0.3) is 0 Å². The zero-order valence-corrected chi connectivity index (χ0v) is 15.3. The molecule has 1 N–H and O–H groups in total. The molecule has 2 rings (SSSR count). The Morgan fingerprint density at radius 3 is 2.96 bits per heavy atom. The van der Waals surface area contributed by atoms with Gasteiger partial charge in [0.25, 0.3) is 0 Å². The SMILES string of the molecule is CC(C)NC(=O)CCSCC(=O)N1CCCCC1c1cccnc1. The van der Waals surface area contributed by atoms with E-state index < -0.39 is 0 Å². The number of nitrogens with one attached hydrogen (secondary N) is 1. The number of hydrogen-bond donors (Lipinski definition) is 1. The lowest BCUT2D eigenvalue weighted by molar-refractivity contribution is -0.132. The minimum absolute atomic E-state index is 0.0520. The highest BCUT2D eigenvalue weighted by molar-refractivity contribution is 7.99. The maximum atomic E-state index is 12.6. The summed E-state index contributed by atoms with van der Waals surface area (Å²) in [6, 6.07) is 4.28. The maximum absolute atomic E-state index is 12.6. The number of rotatable bonds is 7. The summed E-state index contributed by atoms with van der Waals surface area (Å²) in [5, 5.41) is 2.87. The number of thioether (sulfide) groups is 1. The van der Waals surface area contributed by atoms with Crippen molar-refractivity contribution in [2.45, 2.75) is 51.6 Å². The first-order chi connectivity index (χ1) is 11.6. The minimum Gasteiger partial charge on any atom is -0.354 e. The van der Waals surface area contributed by atoms with Crippen molar-refractivity contribution < 1.29 is 9.59 Å². The van der Waals surface area contributed by atoms with Crippen molar-refractivity contribution in [2.75, 3.05) is 18.1 Å². The second-order valence-electron chi connectivity index (χ2n) is 6.41. The number of piperidine rings is 1. The predicted molar refractivity (Wildman–Crippen MR) is 97.8 cm³/mol. The van der Waals surface area contributed by atoms with Crippen LogP contribution in [0.4, 0.5) is 0 Å². The highest BCUT2D eigenvalue weighted by Crippen LogP contribution is 2.30. The van der Waals surface area contributed by atoms with Gasteiger partial charge in [0.15, 0.2) is 0 Å². The van der Waals surface area contributed by atoms with Crippen LogP contribution < -0.4 is 5.32 Å². The molecule has 1 aliphatic heterocycles. The van der Waals surface area contributed by atoms with Crippen molar-refractivity contribution in [3.63, 3.8) is 0 Å². The summed E-state index contributed by atoms with van der Waals surface area (Å²) in [4.78, 5) is 30.4. The molecule has 1 aliphatic rings. The van der Waals surface area contributed by atoms with E-state index in [9.17, 15) is 9.59 Å². The smallest absolute Gasteiger partial charge is 0.233 e. The molecule has 0 spiro atoms. The molecule has 24 heavy (non-hydrogen) atoms. The number of carbonyl (C=O) groups excluding carboxylic acids is 2. The van der Waals surface area contributed by atoms with Crippen molar-refractivity contribution in [3.8, 4) is 0 Å². The monoisotopic (exact) mass is 349 g/mol. The fourth-order valence-corrected chi connectivity index (χ4v) is 3.77. The molecule has 0 aromatic carbocycles. The number of carbonyl (C=O) groups is 2. The van der Waals surface area contributed by atoms with E-state index >= 15 is 0 Å². The predicted octanol–water partition coefficient (Wildman–Crippen LogP) is 2.78. The number of amides is 2. The Hall–Kier alpha value is -1.56. The number of aromatic nitrogens is 1. The van der Waals surface area contributed by atoms with Gasteiger partial charge in [0.2, 0.25) is 11.8 Å². The molecule has 1 aromatic heterocycles. The van der Waals surface area contributed by atoms with E-state index in [1.807, 2.05) is 37.1 Å². The van der Waals surface area contributed by atoms with Gasteiger partial charge in [-0.1, -0.05) is 6.07 Å². The molecule has 1 saturated heterocycles. The molecule has 2 heterocycles. The van der Waals surface area contributed by atoms with Gasteiger partial charge < -0.3 is 10.2 Å². The summed E-state index contributed by atoms with van der Waals surface area (Å²) in [5.41, 5.74) is 1.12. The van der Waals surface area contributed by atoms with Crippen molar-refractivity contribution in [1.82, 2.24) is 15.2 Å². The first-order valence-corrected chi connectivity index (χ1v) is 9.80. The lowest BCUT2D eigenvalue weighted by Crippen LogP contribution is -2.39. The van der Waals surface area contributed by atoms with Crippen LogP contribution in [-0.2, 0) is 9.59 Å². The van der Waals surface area contributed by atoms with Gasteiger partial charge in [0, 0.05) is 37.2 Å². The molecular formula is C18H27N3O2S. The third kappa shape index (κ3) is 5.82. The van der Waals surface area contributed by atoms with Crippen LogP contribution in [0.2, 0.25) is 0 Å².